The van der Waals surface area contributed by atoms with Crippen LogP contribution in [0.15, 0.2) is 43.0 Å². The molecule has 0 fully saturated rings. The molecule has 0 saturated heterocycles. The molecular weight excluding hydrogens is 302 g/mol. The third-order valence-electron chi connectivity index (χ3n) is 4.24. The normalized spacial score (nSPS) is 14.7. The van der Waals surface area contributed by atoms with Gasteiger partial charge in [-0.1, -0.05) is 24.3 Å². The Balaban J connectivity index is 1.61. The third kappa shape index (κ3) is 2.60. The monoisotopic (exact) mass is 321 g/mol. The zero-order valence-corrected chi connectivity index (χ0v) is 13.6. The maximum absolute atomic E-state index is 5.76. The van der Waals surface area contributed by atoms with E-state index in [-0.39, 0.29) is 0 Å². The van der Waals surface area contributed by atoms with Crippen LogP contribution >= 0.6 is 0 Å². The highest BCUT2D eigenvalue weighted by Crippen LogP contribution is 2.32. The molecule has 0 amide bonds. The summed E-state index contributed by atoms with van der Waals surface area (Å²) in [5, 5.41) is 0. The number of para-hydroxylation sites is 1. The molecule has 1 N–H and O–H groups in total. The molecule has 6 nitrogen and oxygen atoms in total. The van der Waals surface area contributed by atoms with Crippen molar-refractivity contribution in [2.24, 2.45) is 0 Å². The van der Waals surface area contributed by atoms with Gasteiger partial charge in [0.1, 0.15) is 17.6 Å². The van der Waals surface area contributed by atoms with Crippen LogP contribution in [0.3, 0.4) is 0 Å². The van der Waals surface area contributed by atoms with E-state index < -0.39 is 0 Å². The highest BCUT2D eigenvalue weighted by Gasteiger charge is 2.19. The number of H-pyrrole nitrogens is 1. The summed E-state index contributed by atoms with van der Waals surface area (Å²) in [7, 11) is 0. The van der Waals surface area contributed by atoms with E-state index in [0.29, 0.717) is 12.3 Å². The van der Waals surface area contributed by atoms with E-state index in [2.05, 4.69) is 43.0 Å². The first kappa shape index (κ1) is 14.7. The Hall–Kier alpha value is -2.89. The molecule has 1 aliphatic heterocycles. The van der Waals surface area contributed by atoms with Crippen LogP contribution in [0.4, 0.5) is 5.82 Å². The van der Waals surface area contributed by atoms with E-state index in [9.17, 15) is 0 Å². The fourth-order valence-corrected chi connectivity index (χ4v) is 3.11. The Kier molecular flexibility index (Phi) is 3.86. The Bertz CT molecular complexity index is 886. The minimum atomic E-state index is 0.676. The van der Waals surface area contributed by atoms with Crippen molar-refractivity contribution in [3.63, 3.8) is 0 Å². The first-order chi connectivity index (χ1) is 11.9. The Morgan fingerprint density at radius 1 is 1.21 bits per heavy atom. The van der Waals surface area contributed by atoms with Gasteiger partial charge in [-0.3, -0.25) is 0 Å². The lowest BCUT2D eigenvalue weighted by atomic mass is 9.98. The minimum absolute atomic E-state index is 0.676. The smallest absolute Gasteiger partial charge is 0.182 e. The van der Waals surface area contributed by atoms with Gasteiger partial charge in [0.2, 0.25) is 0 Å². The Morgan fingerprint density at radius 2 is 2.12 bits per heavy atom. The summed E-state index contributed by atoms with van der Waals surface area (Å²) in [6.07, 6.45) is 6.43. The van der Waals surface area contributed by atoms with Gasteiger partial charge in [-0.25, -0.2) is 15.0 Å². The average molecular weight is 321 g/mol. The van der Waals surface area contributed by atoms with E-state index >= 15 is 0 Å². The number of nitrogens with one attached hydrogen (secondary N) is 1. The van der Waals surface area contributed by atoms with Crippen LogP contribution in [-0.4, -0.2) is 39.6 Å². The number of hydrogen-bond donors (Lipinski definition) is 1. The van der Waals surface area contributed by atoms with Crippen molar-refractivity contribution >= 4 is 22.6 Å². The minimum Gasteiger partial charge on any atom is -0.493 e. The van der Waals surface area contributed by atoms with Crippen LogP contribution in [0.1, 0.15) is 18.9 Å². The van der Waals surface area contributed by atoms with Crippen molar-refractivity contribution in [1.82, 2.24) is 19.9 Å². The zero-order chi connectivity index (χ0) is 16.4. The summed E-state index contributed by atoms with van der Waals surface area (Å²) in [5.74, 6) is 1.86. The molecule has 2 aromatic heterocycles. The van der Waals surface area contributed by atoms with Gasteiger partial charge in [0, 0.05) is 18.7 Å². The molecule has 3 aromatic rings. The van der Waals surface area contributed by atoms with Crippen molar-refractivity contribution in [2.75, 3.05) is 24.6 Å². The van der Waals surface area contributed by atoms with Crippen LogP contribution in [-0.2, 0) is 0 Å². The molecule has 0 saturated carbocycles. The second-order valence-corrected chi connectivity index (χ2v) is 5.65. The van der Waals surface area contributed by atoms with Crippen LogP contribution in [0, 0.1) is 0 Å². The zero-order valence-electron chi connectivity index (χ0n) is 13.6. The molecule has 24 heavy (non-hydrogen) atoms. The number of ether oxygens (including phenoxy) is 1. The molecule has 1 aromatic carbocycles. The second-order valence-electron chi connectivity index (χ2n) is 5.65. The van der Waals surface area contributed by atoms with Gasteiger partial charge in [0.15, 0.2) is 11.5 Å². The van der Waals surface area contributed by atoms with Gasteiger partial charge < -0.3 is 14.6 Å². The number of imidazole rings is 1. The fraction of sp³-hybridized carbons (Fsp3) is 0.278. The highest BCUT2D eigenvalue weighted by atomic mass is 16.5. The Morgan fingerprint density at radius 3 is 2.96 bits per heavy atom. The quantitative estimate of drug-likeness (QED) is 0.800. The van der Waals surface area contributed by atoms with E-state index in [4.69, 9.17) is 4.74 Å². The summed E-state index contributed by atoms with van der Waals surface area (Å²) in [4.78, 5) is 18.2. The summed E-state index contributed by atoms with van der Waals surface area (Å²) in [6.45, 7) is 4.39. The highest BCUT2D eigenvalue weighted by molar-refractivity contribution is 5.83. The molecule has 4 rings (SSSR count). The third-order valence-corrected chi connectivity index (χ3v) is 4.24. The molecule has 0 atom stereocenters. The molecule has 3 heterocycles. The first-order valence-corrected chi connectivity index (χ1v) is 8.17. The number of hydrogen-bond acceptors (Lipinski definition) is 5. The number of rotatable bonds is 4. The van der Waals surface area contributed by atoms with Crippen LogP contribution in [0.5, 0.6) is 5.75 Å². The van der Waals surface area contributed by atoms with Crippen molar-refractivity contribution in [3.8, 4) is 5.75 Å². The SMILES string of the molecule is CCOc1ccccc1C1=CCN(c2ncnc3nc[nH]c23)CC1. The molecule has 1 aliphatic rings. The maximum Gasteiger partial charge on any atom is 0.182 e. The number of nitrogens with zero attached hydrogens (tertiary/aromatic N) is 4. The molecule has 0 unspecified atom stereocenters. The second kappa shape index (κ2) is 6.31. The van der Waals surface area contributed by atoms with Gasteiger partial charge in [-0.05, 0) is 25.0 Å². The van der Waals surface area contributed by atoms with Gasteiger partial charge in [0.05, 0.1) is 12.9 Å². The van der Waals surface area contributed by atoms with Gasteiger partial charge in [-0.2, -0.15) is 0 Å². The number of anilines is 1. The Labute approximate surface area is 140 Å². The predicted octanol–water partition coefficient (Wildman–Crippen LogP) is 3.05. The number of aromatic amines is 1. The average Bonchev–Trinajstić information content (AvgIpc) is 3.11. The molecule has 6 heteroatoms. The maximum atomic E-state index is 5.76. The van der Waals surface area contributed by atoms with Crippen molar-refractivity contribution in [3.05, 3.63) is 48.6 Å². The number of aromatic nitrogens is 4. The molecule has 0 bridgehead atoms. The largest absolute Gasteiger partial charge is 0.493 e. The lowest BCUT2D eigenvalue weighted by Crippen LogP contribution is -2.29. The molecule has 0 spiro atoms. The van der Waals surface area contributed by atoms with Crippen molar-refractivity contribution in [1.29, 1.82) is 0 Å². The lowest BCUT2D eigenvalue weighted by molar-refractivity contribution is 0.339. The van der Waals surface area contributed by atoms with E-state index in [1.165, 1.54) is 11.1 Å². The first-order valence-electron chi connectivity index (χ1n) is 8.17. The van der Waals surface area contributed by atoms with Gasteiger partial charge in [-0.15, -0.1) is 0 Å². The predicted molar refractivity (Wildman–Crippen MR) is 94.1 cm³/mol. The molecule has 122 valence electrons. The van der Waals surface area contributed by atoms with E-state index in [1.807, 2.05) is 19.1 Å². The summed E-state index contributed by atoms with van der Waals surface area (Å²) < 4.78 is 5.76. The number of benzene rings is 1. The lowest BCUT2D eigenvalue weighted by Gasteiger charge is -2.28. The van der Waals surface area contributed by atoms with Crippen LogP contribution < -0.4 is 9.64 Å². The van der Waals surface area contributed by atoms with Gasteiger partial charge in [0.25, 0.3) is 0 Å². The number of fused-ring (bicyclic) bond motifs is 1. The fourth-order valence-electron chi connectivity index (χ4n) is 3.11. The van der Waals surface area contributed by atoms with E-state index in [0.717, 1.165) is 36.6 Å². The summed E-state index contributed by atoms with van der Waals surface area (Å²) in [6, 6.07) is 8.23. The van der Waals surface area contributed by atoms with Crippen LogP contribution in [0.2, 0.25) is 0 Å². The summed E-state index contributed by atoms with van der Waals surface area (Å²) in [5.41, 5.74) is 4.11. The molecule has 0 radical (unpaired) electrons. The molecular formula is C18H19N5O. The summed E-state index contributed by atoms with van der Waals surface area (Å²) >= 11 is 0. The van der Waals surface area contributed by atoms with Crippen molar-refractivity contribution < 1.29 is 4.74 Å². The van der Waals surface area contributed by atoms with Crippen molar-refractivity contribution in [2.45, 2.75) is 13.3 Å². The van der Waals surface area contributed by atoms with Gasteiger partial charge >= 0.3 is 0 Å². The van der Waals surface area contributed by atoms with Crippen LogP contribution in [0.25, 0.3) is 16.7 Å². The standard InChI is InChI=1S/C18H19N5O/c1-2-24-15-6-4-3-5-14(15)13-7-9-23(10-8-13)18-16-17(20-11-19-16)21-12-22-18/h3-7,11-12H,2,8-10H2,1H3,(H,19,20,21,22). The van der Waals surface area contributed by atoms with E-state index in [1.54, 1.807) is 12.7 Å². The topological polar surface area (TPSA) is 66.9 Å². The molecule has 0 aliphatic carbocycles.